The van der Waals surface area contributed by atoms with E-state index in [1.165, 1.54) is 32.1 Å². The number of hydrogen-bond acceptors (Lipinski definition) is 2. The Morgan fingerprint density at radius 1 is 1.20 bits per heavy atom. The quantitative estimate of drug-likeness (QED) is 0.903. The molecule has 3 atom stereocenters. The first-order valence-corrected chi connectivity index (χ1v) is 8.37. The minimum Gasteiger partial charge on any atom is -0.329 e. The summed E-state index contributed by atoms with van der Waals surface area (Å²) in [4.78, 5) is 2.60. The Hall–Kier alpha value is -0.280. The maximum atomic E-state index is 6.41. The van der Waals surface area contributed by atoms with Crippen molar-refractivity contribution in [2.45, 2.75) is 44.2 Å². The highest BCUT2D eigenvalue weighted by molar-refractivity contribution is 6.42. The van der Waals surface area contributed by atoms with Crippen molar-refractivity contribution in [2.24, 2.45) is 11.7 Å². The molecule has 20 heavy (non-hydrogen) atoms. The van der Waals surface area contributed by atoms with Crippen molar-refractivity contribution in [2.75, 3.05) is 13.1 Å². The first-order valence-electron chi connectivity index (χ1n) is 7.62. The molecule has 0 aromatic heterocycles. The van der Waals surface area contributed by atoms with Crippen molar-refractivity contribution < 1.29 is 0 Å². The molecule has 2 nitrogen and oxygen atoms in total. The standard InChI is InChI=1S/C16H22Cl2N2/c17-13-7-2-6-12(16(13)18)15(10-19)20-9-3-5-11-4-1-8-14(11)20/h2,6-7,11,14-15H,1,3-5,8-10,19H2. The number of likely N-dealkylation sites (tertiary alicyclic amines) is 1. The van der Waals surface area contributed by atoms with E-state index in [0.29, 0.717) is 22.6 Å². The van der Waals surface area contributed by atoms with Gasteiger partial charge in [0.15, 0.2) is 0 Å². The summed E-state index contributed by atoms with van der Waals surface area (Å²) in [7, 11) is 0. The van der Waals surface area contributed by atoms with Crippen LogP contribution < -0.4 is 5.73 Å². The molecular formula is C16H22Cl2N2. The molecule has 1 aromatic rings. The summed E-state index contributed by atoms with van der Waals surface area (Å²) in [5.41, 5.74) is 7.19. The summed E-state index contributed by atoms with van der Waals surface area (Å²) in [5, 5.41) is 1.30. The maximum Gasteiger partial charge on any atom is 0.0640 e. The lowest BCUT2D eigenvalue weighted by molar-refractivity contribution is 0.0702. The van der Waals surface area contributed by atoms with Crippen LogP contribution in [0.5, 0.6) is 0 Å². The van der Waals surface area contributed by atoms with Gasteiger partial charge in [-0.25, -0.2) is 0 Å². The van der Waals surface area contributed by atoms with Crippen LogP contribution >= 0.6 is 23.2 Å². The van der Waals surface area contributed by atoms with E-state index in [4.69, 9.17) is 28.9 Å². The lowest BCUT2D eigenvalue weighted by Gasteiger charge is -2.43. The molecule has 1 heterocycles. The van der Waals surface area contributed by atoms with Gasteiger partial charge < -0.3 is 5.73 Å². The van der Waals surface area contributed by atoms with Gasteiger partial charge in [-0.2, -0.15) is 0 Å². The van der Waals surface area contributed by atoms with Crippen molar-refractivity contribution in [1.82, 2.24) is 4.90 Å². The van der Waals surface area contributed by atoms with Crippen molar-refractivity contribution in [3.05, 3.63) is 33.8 Å². The summed E-state index contributed by atoms with van der Waals surface area (Å²) in [6.45, 7) is 1.73. The second-order valence-corrected chi connectivity index (χ2v) is 6.82. The van der Waals surface area contributed by atoms with E-state index in [1.807, 2.05) is 12.1 Å². The van der Waals surface area contributed by atoms with Crippen LogP contribution in [0.2, 0.25) is 10.0 Å². The van der Waals surface area contributed by atoms with Crippen molar-refractivity contribution in [3.8, 4) is 0 Å². The van der Waals surface area contributed by atoms with Crippen LogP contribution in [0.1, 0.15) is 43.7 Å². The van der Waals surface area contributed by atoms with Crippen LogP contribution in [0.3, 0.4) is 0 Å². The summed E-state index contributed by atoms with van der Waals surface area (Å²) in [6, 6.07) is 6.78. The highest BCUT2D eigenvalue weighted by atomic mass is 35.5. The molecule has 2 N–H and O–H groups in total. The molecule has 4 heteroatoms. The zero-order valence-electron chi connectivity index (χ0n) is 11.7. The largest absolute Gasteiger partial charge is 0.329 e. The van der Waals surface area contributed by atoms with Gasteiger partial charge in [-0.1, -0.05) is 41.8 Å². The predicted molar refractivity (Wildman–Crippen MR) is 85.3 cm³/mol. The molecule has 0 spiro atoms. The third-order valence-electron chi connectivity index (χ3n) is 5.00. The first kappa shape index (κ1) is 14.6. The van der Waals surface area contributed by atoms with E-state index in [9.17, 15) is 0 Å². The average molecular weight is 313 g/mol. The molecule has 1 saturated heterocycles. The SMILES string of the molecule is NCC(c1cccc(Cl)c1Cl)N1CCCC2CCCC21. The fraction of sp³-hybridized carbons (Fsp3) is 0.625. The van der Waals surface area contributed by atoms with E-state index in [1.54, 1.807) is 0 Å². The highest BCUT2D eigenvalue weighted by Gasteiger charge is 2.38. The van der Waals surface area contributed by atoms with Gasteiger partial charge in [0.1, 0.15) is 0 Å². The van der Waals surface area contributed by atoms with Gasteiger partial charge in [0.05, 0.1) is 10.0 Å². The topological polar surface area (TPSA) is 29.3 Å². The Bertz CT molecular complexity index is 478. The van der Waals surface area contributed by atoms with Crippen molar-refractivity contribution >= 4 is 23.2 Å². The molecule has 3 unspecified atom stereocenters. The Kier molecular flexibility index (Phi) is 4.56. The van der Waals surface area contributed by atoms with Gasteiger partial charge >= 0.3 is 0 Å². The molecule has 1 aliphatic heterocycles. The van der Waals surface area contributed by atoms with E-state index in [0.717, 1.165) is 18.0 Å². The van der Waals surface area contributed by atoms with E-state index in [2.05, 4.69) is 11.0 Å². The molecule has 1 aliphatic carbocycles. The summed E-state index contributed by atoms with van der Waals surface area (Å²) in [5.74, 6) is 0.857. The molecule has 110 valence electrons. The monoisotopic (exact) mass is 312 g/mol. The molecule has 0 radical (unpaired) electrons. The van der Waals surface area contributed by atoms with Crippen LogP contribution in [-0.2, 0) is 0 Å². The minimum atomic E-state index is 0.201. The average Bonchev–Trinajstić information content (AvgIpc) is 2.93. The molecule has 0 amide bonds. The Morgan fingerprint density at radius 2 is 2.00 bits per heavy atom. The number of hydrogen-bond donors (Lipinski definition) is 1. The normalized spacial score (nSPS) is 28.4. The van der Waals surface area contributed by atoms with Gasteiger partial charge in [0, 0.05) is 18.6 Å². The summed E-state index contributed by atoms with van der Waals surface area (Å²) in [6.07, 6.45) is 6.69. The second kappa shape index (κ2) is 6.23. The molecule has 2 fully saturated rings. The van der Waals surface area contributed by atoms with Gasteiger partial charge in [-0.05, 0) is 49.8 Å². The lowest BCUT2D eigenvalue weighted by atomic mass is 9.89. The minimum absolute atomic E-state index is 0.201. The van der Waals surface area contributed by atoms with Gasteiger partial charge in [0.25, 0.3) is 0 Å². The van der Waals surface area contributed by atoms with E-state index in [-0.39, 0.29) is 6.04 Å². The molecule has 0 bridgehead atoms. The summed E-state index contributed by atoms with van der Waals surface area (Å²) >= 11 is 12.6. The van der Waals surface area contributed by atoms with Crippen LogP contribution in [-0.4, -0.2) is 24.0 Å². The highest BCUT2D eigenvalue weighted by Crippen LogP contribution is 2.42. The van der Waals surface area contributed by atoms with Gasteiger partial charge in [0.2, 0.25) is 0 Å². The maximum absolute atomic E-state index is 6.41. The fourth-order valence-corrected chi connectivity index (χ4v) is 4.53. The number of benzene rings is 1. The summed E-state index contributed by atoms with van der Waals surface area (Å²) < 4.78 is 0. The number of piperidine rings is 1. The number of nitrogens with zero attached hydrogens (tertiary/aromatic N) is 1. The first-order chi connectivity index (χ1) is 9.72. The second-order valence-electron chi connectivity index (χ2n) is 6.03. The zero-order valence-corrected chi connectivity index (χ0v) is 13.2. The van der Waals surface area contributed by atoms with E-state index < -0.39 is 0 Å². The van der Waals surface area contributed by atoms with Gasteiger partial charge in [-0.15, -0.1) is 0 Å². The van der Waals surface area contributed by atoms with Crippen LogP contribution in [0, 0.1) is 5.92 Å². The molecule has 1 saturated carbocycles. The molecule has 2 aliphatic rings. The fourth-order valence-electron chi connectivity index (χ4n) is 4.10. The lowest BCUT2D eigenvalue weighted by Crippen LogP contribution is -2.46. The third kappa shape index (κ3) is 2.59. The number of fused-ring (bicyclic) bond motifs is 1. The van der Waals surface area contributed by atoms with Crippen LogP contribution in [0.25, 0.3) is 0 Å². The van der Waals surface area contributed by atoms with Crippen molar-refractivity contribution in [3.63, 3.8) is 0 Å². The van der Waals surface area contributed by atoms with Gasteiger partial charge in [-0.3, -0.25) is 4.90 Å². The van der Waals surface area contributed by atoms with E-state index >= 15 is 0 Å². The Balaban J connectivity index is 1.90. The molecule has 1 aromatic carbocycles. The van der Waals surface area contributed by atoms with Crippen molar-refractivity contribution in [1.29, 1.82) is 0 Å². The van der Waals surface area contributed by atoms with Crippen LogP contribution in [0.15, 0.2) is 18.2 Å². The predicted octanol–water partition coefficient (Wildman–Crippen LogP) is 4.26. The Morgan fingerprint density at radius 3 is 2.80 bits per heavy atom. The smallest absolute Gasteiger partial charge is 0.0640 e. The third-order valence-corrected chi connectivity index (χ3v) is 5.83. The molecular weight excluding hydrogens is 291 g/mol. The molecule has 3 rings (SSSR count). The van der Waals surface area contributed by atoms with Crippen LogP contribution in [0.4, 0.5) is 0 Å². The number of rotatable bonds is 3. The number of halogens is 2. The Labute approximate surface area is 131 Å². The number of nitrogens with two attached hydrogens (primary N) is 1. The zero-order chi connectivity index (χ0) is 14.1.